The van der Waals surface area contributed by atoms with Gasteiger partial charge in [-0.15, -0.1) is 0 Å². The summed E-state index contributed by atoms with van der Waals surface area (Å²) in [6, 6.07) is 3.82. The van der Waals surface area contributed by atoms with Crippen molar-refractivity contribution in [3.8, 4) is 0 Å². The van der Waals surface area contributed by atoms with Gasteiger partial charge in [0, 0.05) is 56.2 Å². The lowest BCUT2D eigenvalue weighted by molar-refractivity contribution is -0.142. The second-order valence-corrected chi connectivity index (χ2v) is 9.68. The van der Waals surface area contributed by atoms with Gasteiger partial charge in [0.1, 0.15) is 0 Å². The molecule has 1 aliphatic heterocycles. The number of carboxylic acid groups (broad SMARTS) is 1. The van der Waals surface area contributed by atoms with Gasteiger partial charge in [0.2, 0.25) is 5.91 Å². The largest absolute Gasteiger partial charge is 0.481 e. The Bertz CT molecular complexity index is 986. The van der Waals surface area contributed by atoms with Gasteiger partial charge < -0.3 is 20.0 Å². The summed E-state index contributed by atoms with van der Waals surface area (Å²) >= 11 is 0. The molecule has 32 heavy (non-hydrogen) atoms. The summed E-state index contributed by atoms with van der Waals surface area (Å²) in [6.07, 6.45) is 10.5. The summed E-state index contributed by atoms with van der Waals surface area (Å²) < 4.78 is 0. The summed E-state index contributed by atoms with van der Waals surface area (Å²) in [5.74, 6) is -0.930. The number of rotatable bonds is 7. The molecule has 8 nitrogen and oxygen atoms in total. The molecule has 1 saturated heterocycles. The summed E-state index contributed by atoms with van der Waals surface area (Å²) in [6.45, 7) is 1.46. The third-order valence-corrected chi connectivity index (χ3v) is 7.09. The number of carboxylic acids is 1. The number of piperidine rings is 1. The van der Waals surface area contributed by atoms with E-state index in [0.717, 1.165) is 55.2 Å². The Labute approximate surface area is 188 Å². The molecule has 1 atom stereocenters. The van der Waals surface area contributed by atoms with E-state index in [0.29, 0.717) is 13.0 Å². The van der Waals surface area contributed by atoms with Gasteiger partial charge in [-0.1, -0.05) is 12.8 Å². The number of hydrogen-bond donors (Lipinski definition) is 2. The lowest BCUT2D eigenvalue weighted by atomic mass is 9.79. The maximum atomic E-state index is 13.0. The minimum Gasteiger partial charge on any atom is -0.481 e. The zero-order valence-corrected chi connectivity index (χ0v) is 18.7. The monoisotopic (exact) mass is 440 g/mol. The number of aliphatic hydroxyl groups is 1. The van der Waals surface area contributed by atoms with Crippen molar-refractivity contribution in [1.82, 2.24) is 14.9 Å². The molecule has 1 aliphatic carbocycles. The molecule has 2 N–H and O–H groups in total. The molecule has 2 fully saturated rings. The van der Waals surface area contributed by atoms with E-state index >= 15 is 0 Å². The lowest BCUT2D eigenvalue weighted by Gasteiger charge is -2.42. The number of carbonyl (C=O) groups excluding carboxylic acids is 1. The van der Waals surface area contributed by atoms with Crippen LogP contribution >= 0.6 is 0 Å². The quantitative estimate of drug-likeness (QED) is 0.682. The van der Waals surface area contributed by atoms with Crippen molar-refractivity contribution in [3.05, 3.63) is 30.7 Å². The molecule has 0 aromatic carbocycles. The molecule has 1 amide bonds. The van der Waals surface area contributed by atoms with Crippen LogP contribution in [0, 0.1) is 5.41 Å². The first-order valence-electron chi connectivity index (χ1n) is 11.4. The van der Waals surface area contributed by atoms with Crippen molar-refractivity contribution in [2.45, 2.75) is 57.0 Å². The van der Waals surface area contributed by atoms with Crippen molar-refractivity contribution < 1.29 is 19.8 Å². The highest BCUT2D eigenvalue weighted by Gasteiger charge is 2.40. The fourth-order valence-corrected chi connectivity index (χ4v) is 5.55. The van der Waals surface area contributed by atoms with E-state index < -0.39 is 17.0 Å². The van der Waals surface area contributed by atoms with E-state index in [2.05, 4.69) is 14.9 Å². The summed E-state index contributed by atoms with van der Waals surface area (Å²) in [7, 11) is 1.72. The van der Waals surface area contributed by atoms with Crippen LogP contribution in [0.3, 0.4) is 0 Å². The minimum absolute atomic E-state index is 0.0355. The lowest BCUT2D eigenvalue weighted by Crippen LogP contribution is -2.55. The van der Waals surface area contributed by atoms with E-state index in [4.69, 9.17) is 0 Å². The SMILES string of the molecule is CN(C[C@]1(O)CCCN(c2ccnc3ccncc23)C1)C(=O)CC1(CC(=O)O)CCCC1. The molecule has 3 heterocycles. The van der Waals surface area contributed by atoms with Crippen LogP contribution in [-0.2, 0) is 9.59 Å². The number of aliphatic carboxylic acids is 1. The van der Waals surface area contributed by atoms with Gasteiger partial charge in [-0.25, -0.2) is 0 Å². The summed E-state index contributed by atoms with van der Waals surface area (Å²) in [5, 5.41) is 21.7. The summed E-state index contributed by atoms with van der Waals surface area (Å²) in [5.41, 5.74) is 0.373. The highest BCUT2D eigenvalue weighted by molar-refractivity contribution is 5.90. The number of carbonyl (C=O) groups is 2. The zero-order valence-electron chi connectivity index (χ0n) is 18.7. The van der Waals surface area contributed by atoms with Crippen LogP contribution in [0.5, 0.6) is 0 Å². The van der Waals surface area contributed by atoms with Crippen LogP contribution in [-0.4, -0.2) is 69.2 Å². The van der Waals surface area contributed by atoms with Gasteiger partial charge in [0.15, 0.2) is 0 Å². The second-order valence-electron chi connectivity index (χ2n) is 9.68. The predicted molar refractivity (Wildman–Crippen MR) is 121 cm³/mol. The average molecular weight is 441 g/mol. The molecular weight excluding hydrogens is 408 g/mol. The minimum atomic E-state index is -1.03. The fraction of sp³-hybridized carbons (Fsp3) is 0.583. The van der Waals surface area contributed by atoms with Gasteiger partial charge in [0.05, 0.1) is 24.1 Å². The average Bonchev–Trinajstić information content (AvgIpc) is 3.20. The first kappa shape index (κ1) is 22.5. The van der Waals surface area contributed by atoms with Gasteiger partial charge >= 0.3 is 5.97 Å². The van der Waals surface area contributed by atoms with E-state index in [1.807, 2.05) is 12.1 Å². The number of aromatic nitrogens is 2. The molecule has 8 heteroatoms. The molecule has 0 bridgehead atoms. The molecule has 0 radical (unpaired) electrons. The molecular formula is C24H32N4O4. The Morgan fingerprint density at radius 3 is 2.66 bits per heavy atom. The smallest absolute Gasteiger partial charge is 0.303 e. The van der Waals surface area contributed by atoms with Crippen LogP contribution < -0.4 is 4.90 Å². The van der Waals surface area contributed by atoms with Gasteiger partial charge in [-0.05, 0) is 43.2 Å². The molecule has 2 aliphatic rings. The van der Waals surface area contributed by atoms with E-state index in [1.165, 1.54) is 0 Å². The number of likely N-dealkylation sites (N-methyl/N-ethyl adjacent to an activating group) is 1. The van der Waals surface area contributed by atoms with E-state index in [1.54, 1.807) is 30.5 Å². The molecule has 0 unspecified atom stereocenters. The topological polar surface area (TPSA) is 107 Å². The number of hydrogen-bond acceptors (Lipinski definition) is 6. The first-order valence-corrected chi connectivity index (χ1v) is 11.4. The van der Waals surface area contributed by atoms with Crippen molar-refractivity contribution in [2.24, 2.45) is 5.41 Å². The molecule has 0 spiro atoms. The number of pyridine rings is 2. The Kier molecular flexibility index (Phi) is 6.33. The van der Waals surface area contributed by atoms with E-state index in [9.17, 15) is 19.8 Å². The fourth-order valence-electron chi connectivity index (χ4n) is 5.55. The molecule has 2 aromatic rings. The number of amides is 1. The number of β-amino-alcohol motifs (C(OH)–C–C–N with tert-alkyl or cyclic N) is 1. The van der Waals surface area contributed by atoms with E-state index in [-0.39, 0.29) is 25.3 Å². The zero-order chi connectivity index (χ0) is 22.8. The van der Waals surface area contributed by atoms with Gasteiger partial charge in [-0.3, -0.25) is 19.6 Å². The van der Waals surface area contributed by atoms with Crippen LogP contribution in [0.2, 0.25) is 0 Å². The predicted octanol–water partition coefficient (Wildman–Crippen LogP) is 2.84. The van der Waals surface area contributed by atoms with Crippen molar-refractivity contribution in [3.63, 3.8) is 0 Å². The number of nitrogens with zero attached hydrogens (tertiary/aromatic N) is 4. The van der Waals surface area contributed by atoms with Crippen molar-refractivity contribution in [1.29, 1.82) is 0 Å². The van der Waals surface area contributed by atoms with Crippen molar-refractivity contribution in [2.75, 3.05) is 31.6 Å². The Hall–Kier alpha value is -2.74. The van der Waals surface area contributed by atoms with Crippen LogP contribution in [0.25, 0.3) is 10.9 Å². The maximum absolute atomic E-state index is 13.0. The highest BCUT2D eigenvalue weighted by atomic mass is 16.4. The molecule has 1 saturated carbocycles. The second kappa shape index (κ2) is 9.02. The normalized spacial score (nSPS) is 22.8. The van der Waals surface area contributed by atoms with Gasteiger partial charge in [-0.2, -0.15) is 0 Å². The first-order chi connectivity index (χ1) is 15.3. The van der Waals surface area contributed by atoms with Crippen LogP contribution in [0.4, 0.5) is 5.69 Å². The van der Waals surface area contributed by atoms with Gasteiger partial charge in [0.25, 0.3) is 0 Å². The van der Waals surface area contributed by atoms with Crippen LogP contribution in [0.15, 0.2) is 30.7 Å². The Balaban J connectivity index is 1.45. The maximum Gasteiger partial charge on any atom is 0.303 e. The number of anilines is 1. The Morgan fingerprint density at radius 1 is 1.12 bits per heavy atom. The highest BCUT2D eigenvalue weighted by Crippen LogP contribution is 2.44. The van der Waals surface area contributed by atoms with Crippen molar-refractivity contribution >= 4 is 28.5 Å². The molecule has 4 rings (SSSR count). The van der Waals surface area contributed by atoms with Crippen LogP contribution in [0.1, 0.15) is 51.4 Å². The third kappa shape index (κ3) is 4.85. The standard InChI is InChI=1S/C24H32N4O4/c1-27(21(29)13-23(14-22(30)31)7-2-3-8-23)16-24(32)9-4-12-28(17-24)20-6-11-26-19-5-10-25-15-18(19)20/h5-6,10-11,15,32H,2-4,7-9,12-14,16-17H2,1H3,(H,30,31)/t24-/m1/s1. The number of fused-ring (bicyclic) bond motifs is 1. The molecule has 172 valence electrons. The molecule has 2 aromatic heterocycles. The Morgan fingerprint density at radius 2 is 1.91 bits per heavy atom. The summed E-state index contributed by atoms with van der Waals surface area (Å²) in [4.78, 5) is 36.8. The third-order valence-electron chi connectivity index (χ3n) is 7.09.